The minimum Gasteiger partial charge on any atom is -0.492 e. The van der Waals surface area contributed by atoms with Crippen molar-refractivity contribution in [1.82, 2.24) is 5.32 Å². The monoisotopic (exact) mass is 319 g/mol. The van der Waals surface area contributed by atoms with Crippen LogP contribution in [0.25, 0.3) is 0 Å². The van der Waals surface area contributed by atoms with Gasteiger partial charge in [-0.05, 0) is 47.9 Å². The number of benzene rings is 2. The number of ether oxygens (including phenoxy) is 1. The predicted molar refractivity (Wildman–Crippen MR) is 82.4 cm³/mol. The zero-order valence-corrected chi connectivity index (χ0v) is 12.6. The summed E-state index contributed by atoms with van der Waals surface area (Å²) >= 11 is 5.97. The van der Waals surface area contributed by atoms with Gasteiger partial charge in [0.2, 0.25) is 5.91 Å². The molecule has 0 aliphatic carbocycles. The Kier molecular flexibility index (Phi) is 4.29. The molecule has 5 heteroatoms. The molecule has 1 heterocycles. The zero-order valence-electron chi connectivity index (χ0n) is 11.8. The van der Waals surface area contributed by atoms with Gasteiger partial charge in [0, 0.05) is 11.6 Å². The molecule has 1 aliphatic heterocycles. The standard InChI is InChI=1S/C17H15ClFNO2/c18-14-3-6-16-12(8-14)7-13(10-22-16)17(21)20-9-11-1-4-15(19)5-2-11/h1-6,8,13H,7,9-10H2,(H,20,21). The maximum absolute atomic E-state index is 12.8. The Bertz CT molecular complexity index is 688. The third-order valence-corrected chi connectivity index (χ3v) is 3.91. The van der Waals surface area contributed by atoms with Crippen molar-refractivity contribution in [2.24, 2.45) is 5.92 Å². The van der Waals surface area contributed by atoms with Crippen LogP contribution in [0, 0.1) is 11.7 Å². The van der Waals surface area contributed by atoms with Crippen LogP contribution in [0.3, 0.4) is 0 Å². The van der Waals surface area contributed by atoms with E-state index in [-0.39, 0.29) is 17.6 Å². The molecule has 0 fully saturated rings. The van der Waals surface area contributed by atoms with E-state index in [2.05, 4.69) is 5.32 Å². The van der Waals surface area contributed by atoms with Gasteiger partial charge in [0.25, 0.3) is 0 Å². The predicted octanol–water partition coefficient (Wildman–Crippen LogP) is 3.35. The molecular weight excluding hydrogens is 305 g/mol. The summed E-state index contributed by atoms with van der Waals surface area (Å²) in [5, 5.41) is 3.49. The number of hydrogen-bond donors (Lipinski definition) is 1. The van der Waals surface area contributed by atoms with Gasteiger partial charge in [-0.1, -0.05) is 23.7 Å². The lowest BCUT2D eigenvalue weighted by atomic mass is 9.96. The maximum Gasteiger partial charge on any atom is 0.227 e. The van der Waals surface area contributed by atoms with Crippen LogP contribution in [-0.4, -0.2) is 12.5 Å². The second-order valence-electron chi connectivity index (χ2n) is 5.31. The Hall–Kier alpha value is -2.07. The highest BCUT2D eigenvalue weighted by Gasteiger charge is 2.25. The first-order chi connectivity index (χ1) is 10.6. The van der Waals surface area contributed by atoms with E-state index in [1.807, 2.05) is 12.1 Å². The molecule has 0 aromatic heterocycles. The molecular formula is C17H15ClFNO2. The van der Waals surface area contributed by atoms with Crippen LogP contribution in [-0.2, 0) is 17.8 Å². The zero-order chi connectivity index (χ0) is 15.5. The summed E-state index contributed by atoms with van der Waals surface area (Å²) < 4.78 is 18.4. The number of amides is 1. The van der Waals surface area contributed by atoms with Crippen LogP contribution in [0.4, 0.5) is 4.39 Å². The molecule has 3 rings (SSSR count). The minimum absolute atomic E-state index is 0.0741. The van der Waals surface area contributed by atoms with E-state index in [1.54, 1.807) is 18.2 Å². The van der Waals surface area contributed by atoms with E-state index < -0.39 is 0 Å². The van der Waals surface area contributed by atoms with Crippen LogP contribution in [0.1, 0.15) is 11.1 Å². The van der Waals surface area contributed by atoms with Crippen molar-refractivity contribution in [1.29, 1.82) is 0 Å². The summed E-state index contributed by atoms with van der Waals surface area (Å²) in [6, 6.07) is 11.5. The van der Waals surface area contributed by atoms with Gasteiger partial charge in [0.05, 0.1) is 5.92 Å². The SMILES string of the molecule is O=C(NCc1ccc(F)cc1)C1COc2ccc(Cl)cc2C1. The van der Waals surface area contributed by atoms with E-state index in [0.29, 0.717) is 24.6 Å². The lowest BCUT2D eigenvalue weighted by Gasteiger charge is -2.24. The smallest absolute Gasteiger partial charge is 0.227 e. The van der Waals surface area contributed by atoms with E-state index in [4.69, 9.17) is 16.3 Å². The van der Waals surface area contributed by atoms with Gasteiger partial charge >= 0.3 is 0 Å². The van der Waals surface area contributed by atoms with Gasteiger partial charge in [-0.3, -0.25) is 4.79 Å². The third-order valence-electron chi connectivity index (χ3n) is 3.68. The molecule has 1 N–H and O–H groups in total. The summed E-state index contributed by atoms with van der Waals surface area (Å²) in [6.07, 6.45) is 0.602. The topological polar surface area (TPSA) is 38.3 Å². The van der Waals surface area contributed by atoms with Gasteiger partial charge < -0.3 is 10.1 Å². The van der Waals surface area contributed by atoms with Gasteiger partial charge in [0.1, 0.15) is 18.2 Å². The highest BCUT2D eigenvalue weighted by Crippen LogP contribution is 2.29. The van der Waals surface area contributed by atoms with Crippen LogP contribution >= 0.6 is 11.6 Å². The van der Waals surface area contributed by atoms with Crippen molar-refractivity contribution in [2.45, 2.75) is 13.0 Å². The van der Waals surface area contributed by atoms with E-state index in [1.165, 1.54) is 12.1 Å². The Morgan fingerprint density at radius 1 is 1.27 bits per heavy atom. The maximum atomic E-state index is 12.8. The first-order valence-electron chi connectivity index (χ1n) is 7.05. The molecule has 1 atom stereocenters. The molecule has 0 bridgehead atoms. The lowest BCUT2D eigenvalue weighted by Crippen LogP contribution is -2.37. The van der Waals surface area contributed by atoms with E-state index in [0.717, 1.165) is 16.9 Å². The molecule has 22 heavy (non-hydrogen) atoms. The molecule has 0 saturated heterocycles. The number of carbonyl (C=O) groups is 1. The molecule has 2 aromatic carbocycles. The van der Waals surface area contributed by atoms with E-state index >= 15 is 0 Å². The third kappa shape index (κ3) is 3.39. The molecule has 114 valence electrons. The lowest BCUT2D eigenvalue weighted by molar-refractivity contribution is -0.126. The van der Waals surface area contributed by atoms with Crippen molar-refractivity contribution in [3.8, 4) is 5.75 Å². The second kappa shape index (κ2) is 6.36. The number of fused-ring (bicyclic) bond motifs is 1. The van der Waals surface area contributed by atoms with Crippen LogP contribution < -0.4 is 10.1 Å². The Balaban J connectivity index is 1.60. The summed E-state index contributed by atoms with van der Waals surface area (Å²) in [7, 11) is 0. The van der Waals surface area contributed by atoms with Gasteiger partial charge in [-0.15, -0.1) is 0 Å². The number of rotatable bonds is 3. The van der Waals surface area contributed by atoms with Crippen LogP contribution in [0.5, 0.6) is 5.75 Å². The van der Waals surface area contributed by atoms with Crippen LogP contribution in [0.15, 0.2) is 42.5 Å². The van der Waals surface area contributed by atoms with E-state index in [9.17, 15) is 9.18 Å². The van der Waals surface area contributed by atoms with Crippen molar-refractivity contribution < 1.29 is 13.9 Å². The number of hydrogen-bond acceptors (Lipinski definition) is 2. The van der Waals surface area contributed by atoms with Gasteiger partial charge in [-0.25, -0.2) is 4.39 Å². The van der Waals surface area contributed by atoms with Crippen LogP contribution in [0.2, 0.25) is 5.02 Å². The average molecular weight is 320 g/mol. The number of carbonyl (C=O) groups excluding carboxylic acids is 1. The van der Waals surface area contributed by atoms with Crippen molar-refractivity contribution >= 4 is 17.5 Å². The van der Waals surface area contributed by atoms with Crippen molar-refractivity contribution in [3.63, 3.8) is 0 Å². The normalized spacial score (nSPS) is 16.5. The first-order valence-corrected chi connectivity index (χ1v) is 7.43. The van der Waals surface area contributed by atoms with Gasteiger partial charge in [-0.2, -0.15) is 0 Å². The molecule has 0 radical (unpaired) electrons. The molecule has 1 aliphatic rings. The first kappa shape index (κ1) is 14.9. The quantitative estimate of drug-likeness (QED) is 0.942. The molecule has 0 saturated carbocycles. The summed E-state index contributed by atoms with van der Waals surface area (Å²) in [4.78, 5) is 12.2. The molecule has 2 aromatic rings. The summed E-state index contributed by atoms with van der Waals surface area (Å²) in [6.45, 7) is 0.724. The number of nitrogens with one attached hydrogen (secondary N) is 1. The summed E-state index contributed by atoms with van der Waals surface area (Å²) in [5.41, 5.74) is 1.80. The Labute approximate surface area is 133 Å². The molecule has 3 nitrogen and oxygen atoms in total. The minimum atomic E-state index is -0.288. The number of halogens is 2. The van der Waals surface area contributed by atoms with Crippen molar-refractivity contribution in [2.75, 3.05) is 6.61 Å². The second-order valence-corrected chi connectivity index (χ2v) is 5.74. The average Bonchev–Trinajstić information content (AvgIpc) is 2.53. The van der Waals surface area contributed by atoms with Gasteiger partial charge in [0.15, 0.2) is 0 Å². The summed E-state index contributed by atoms with van der Waals surface area (Å²) in [5.74, 6) is 0.178. The fourth-order valence-corrected chi connectivity index (χ4v) is 2.66. The fraction of sp³-hybridized carbons (Fsp3) is 0.235. The highest BCUT2D eigenvalue weighted by molar-refractivity contribution is 6.30. The Morgan fingerprint density at radius 3 is 2.82 bits per heavy atom. The molecule has 0 spiro atoms. The fourth-order valence-electron chi connectivity index (χ4n) is 2.47. The molecule has 1 unspecified atom stereocenters. The largest absolute Gasteiger partial charge is 0.492 e. The van der Waals surface area contributed by atoms with Crippen molar-refractivity contribution in [3.05, 3.63) is 64.4 Å². The molecule has 1 amide bonds. The Morgan fingerprint density at radius 2 is 2.05 bits per heavy atom. The highest BCUT2D eigenvalue weighted by atomic mass is 35.5.